The number of aliphatic hydroxyl groups excluding tert-OH is 1. The third-order valence-electron chi connectivity index (χ3n) is 17.8. The van der Waals surface area contributed by atoms with Crippen molar-refractivity contribution in [1.29, 1.82) is 0 Å². The monoisotopic (exact) mass is 1370 g/mol. The van der Waals surface area contributed by atoms with E-state index >= 15 is 0 Å². The van der Waals surface area contributed by atoms with E-state index in [1.807, 2.05) is 0 Å². The predicted octanol–water partition coefficient (Wildman–Crippen LogP) is 21.3. The normalized spacial score (nSPS) is 14.8. The Morgan fingerprint density at radius 3 is 0.763 bits per heavy atom. The van der Waals surface area contributed by atoms with Crippen molar-refractivity contribution in [3.8, 4) is 0 Å². The Balaban J connectivity index is 5.22. The minimum Gasteiger partial charge on any atom is -0.462 e. The third-order valence-corrected chi connectivity index (χ3v) is 19.7. The van der Waals surface area contributed by atoms with Crippen LogP contribution in [0.4, 0.5) is 0 Å². The first-order chi connectivity index (χ1) is 44.7. The topological polar surface area (TPSA) is 237 Å². The number of hydrogen-bond acceptors (Lipinski definition) is 15. The highest BCUT2D eigenvalue weighted by atomic mass is 31.2. The lowest BCUT2D eigenvalue weighted by atomic mass is 9.99. The lowest BCUT2D eigenvalue weighted by Gasteiger charge is -2.21. The fraction of sp³-hybridized carbons (Fsp3) is 0.946. The smallest absolute Gasteiger partial charge is 0.462 e. The van der Waals surface area contributed by atoms with Gasteiger partial charge in [0.1, 0.15) is 19.3 Å². The van der Waals surface area contributed by atoms with Gasteiger partial charge in [-0.3, -0.25) is 37.3 Å². The Labute approximate surface area is 568 Å². The predicted molar refractivity (Wildman–Crippen MR) is 377 cm³/mol. The van der Waals surface area contributed by atoms with E-state index in [2.05, 4.69) is 55.4 Å². The number of aliphatic hydroxyl groups is 1. The minimum absolute atomic E-state index is 0.104. The summed E-state index contributed by atoms with van der Waals surface area (Å²) in [6.45, 7) is 14.2. The Hall–Kier alpha value is -1.94. The third kappa shape index (κ3) is 65.8. The van der Waals surface area contributed by atoms with Crippen LogP contribution in [-0.4, -0.2) is 96.7 Å². The molecule has 0 aromatic heterocycles. The summed E-state index contributed by atoms with van der Waals surface area (Å²) >= 11 is 0. The highest BCUT2D eigenvalue weighted by Gasteiger charge is 2.30. The van der Waals surface area contributed by atoms with Gasteiger partial charge in [-0.25, -0.2) is 9.13 Å². The first-order valence-electron chi connectivity index (χ1n) is 38.3. The van der Waals surface area contributed by atoms with Crippen LogP contribution in [0.25, 0.3) is 0 Å². The van der Waals surface area contributed by atoms with Gasteiger partial charge in [-0.05, 0) is 49.4 Å². The molecule has 4 unspecified atom stereocenters. The van der Waals surface area contributed by atoms with E-state index in [4.69, 9.17) is 37.0 Å². The summed E-state index contributed by atoms with van der Waals surface area (Å²) in [5.74, 6) is 0.932. The number of phosphoric acid groups is 2. The molecule has 0 aliphatic carbocycles. The number of hydrogen-bond donors (Lipinski definition) is 3. The van der Waals surface area contributed by atoms with Gasteiger partial charge in [0.25, 0.3) is 0 Å². The van der Waals surface area contributed by atoms with Crippen LogP contribution in [0.1, 0.15) is 370 Å². The summed E-state index contributed by atoms with van der Waals surface area (Å²) in [4.78, 5) is 72.7. The van der Waals surface area contributed by atoms with Crippen molar-refractivity contribution >= 4 is 39.5 Å². The summed E-state index contributed by atoms with van der Waals surface area (Å²) in [6.07, 6.45) is 47.2. The lowest BCUT2D eigenvalue weighted by molar-refractivity contribution is -0.161. The van der Waals surface area contributed by atoms with Gasteiger partial charge >= 0.3 is 39.5 Å². The van der Waals surface area contributed by atoms with Crippen LogP contribution >= 0.6 is 15.6 Å². The fourth-order valence-electron chi connectivity index (χ4n) is 11.1. The Kier molecular flexibility index (Phi) is 62.2. The molecule has 7 atom stereocenters. The molecular formula is C74H144O17P2. The van der Waals surface area contributed by atoms with Gasteiger partial charge in [0.15, 0.2) is 12.2 Å². The Bertz CT molecular complexity index is 1840. The van der Waals surface area contributed by atoms with Gasteiger partial charge in [-0.15, -0.1) is 0 Å². The average molecular weight is 1370 g/mol. The molecular weight excluding hydrogens is 1220 g/mol. The molecule has 3 N–H and O–H groups in total. The van der Waals surface area contributed by atoms with Crippen LogP contribution in [0, 0.1) is 23.7 Å². The van der Waals surface area contributed by atoms with E-state index in [1.165, 1.54) is 167 Å². The number of rotatable bonds is 71. The highest BCUT2D eigenvalue weighted by Crippen LogP contribution is 2.45. The summed E-state index contributed by atoms with van der Waals surface area (Å²) in [5, 5.41) is 10.6. The van der Waals surface area contributed by atoms with Gasteiger partial charge in [-0.1, -0.05) is 319 Å². The van der Waals surface area contributed by atoms with Crippen LogP contribution in [0.2, 0.25) is 0 Å². The summed E-state index contributed by atoms with van der Waals surface area (Å²) in [7, 11) is -9.91. The molecule has 0 radical (unpaired) electrons. The second-order valence-electron chi connectivity index (χ2n) is 28.1. The molecule has 0 aliphatic heterocycles. The maximum absolute atomic E-state index is 13.0. The van der Waals surface area contributed by atoms with E-state index in [-0.39, 0.29) is 25.7 Å². The molecule has 0 heterocycles. The molecule has 0 fully saturated rings. The SMILES string of the molecule is CCC(C)CCCCCCCCCCCCC(=O)O[C@H](COC(=O)CCCCCCCCC(C)CC)COP(=O)(O)OC[C@H](O)COP(=O)(O)OC[C@@H](COC(=O)CCCCCCCCCCCCCCCCCC(C)C)OC(=O)CCCCCCCCCCC(C)C. The number of phosphoric ester groups is 2. The fourth-order valence-corrected chi connectivity index (χ4v) is 12.7. The van der Waals surface area contributed by atoms with Gasteiger partial charge in [0.05, 0.1) is 26.4 Å². The molecule has 0 aromatic carbocycles. The number of ether oxygens (including phenoxy) is 4. The number of carbonyl (C=O) groups excluding carboxylic acids is 4. The van der Waals surface area contributed by atoms with Crippen LogP contribution in [0.5, 0.6) is 0 Å². The molecule has 17 nitrogen and oxygen atoms in total. The Morgan fingerprint density at radius 2 is 0.516 bits per heavy atom. The van der Waals surface area contributed by atoms with Crippen molar-refractivity contribution in [2.24, 2.45) is 23.7 Å². The van der Waals surface area contributed by atoms with Crippen LogP contribution in [0.15, 0.2) is 0 Å². The van der Waals surface area contributed by atoms with Crippen LogP contribution in [0.3, 0.4) is 0 Å². The van der Waals surface area contributed by atoms with E-state index < -0.39 is 97.5 Å². The molecule has 0 rings (SSSR count). The zero-order valence-corrected chi connectivity index (χ0v) is 62.7. The quantitative estimate of drug-likeness (QED) is 0.0222. The molecule has 0 saturated carbocycles. The molecule has 0 bridgehead atoms. The van der Waals surface area contributed by atoms with Crippen LogP contribution < -0.4 is 0 Å². The molecule has 19 heteroatoms. The van der Waals surface area contributed by atoms with Crippen molar-refractivity contribution in [1.82, 2.24) is 0 Å². The Morgan fingerprint density at radius 1 is 0.301 bits per heavy atom. The van der Waals surface area contributed by atoms with E-state index in [1.54, 1.807) is 0 Å². The molecule has 0 amide bonds. The van der Waals surface area contributed by atoms with E-state index in [0.29, 0.717) is 25.7 Å². The second-order valence-corrected chi connectivity index (χ2v) is 31.0. The standard InChI is InChI=1S/C74H144O17P2/c1-9-66(7)52-44-36-28-21-18-19-23-30-40-48-56-73(78)90-70(61-85-72(77)55-47-39-33-32-37-45-53-67(8)10-2)63-89-93(82,83)87-59-68(75)58-86-92(80,81)88-62-69(91-74(79)57-49-41-31-25-24-27-35-43-51-65(5)6)60-84-71(76)54-46-38-29-22-17-15-13-11-12-14-16-20-26-34-42-50-64(3)4/h64-70,75H,9-63H2,1-8H3,(H,80,81)(H,82,83)/t66?,67?,68-,69-,70-/m1/s1. The number of carbonyl (C=O) groups is 4. The van der Waals surface area contributed by atoms with Crippen molar-refractivity contribution in [3.05, 3.63) is 0 Å². The molecule has 552 valence electrons. The molecule has 0 saturated heterocycles. The van der Waals surface area contributed by atoms with Crippen molar-refractivity contribution in [2.75, 3.05) is 39.6 Å². The van der Waals surface area contributed by atoms with Gasteiger partial charge in [0.2, 0.25) is 0 Å². The number of unbranched alkanes of at least 4 members (excludes halogenated alkanes) is 35. The lowest BCUT2D eigenvalue weighted by Crippen LogP contribution is -2.30. The van der Waals surface area contributed by atoms with Crippen molar-refractivity contribution < 1.29 is 80.2 Å². The zero-order chi connectivity index (χ0) is 68.9. The largest absolute Gasteiger partial charge is 0.472 e. The van der Waals surface area contributed by atoms with Gasteiger partial charge in [-0.2, -0.15) is 0 Å². The highest BCUT2D eigenvalue weighted by molar-refractivity contribution is 7.47. The zero-order valence-electron chi connectivity index (χ0n) is 60.9. The van der Waals surface area contributed by atoms with Crippen LogP contribution in [-0.2, 0) is 65.4 Å². The average Bonchev–Trinajstić information content (AvgIpc) is 1.91. The van der Waals surface area contributed by atoms with Gasteiger partial charge < -0.3 is 33.8 Å². The van der Waals surface area contributed by atoms with Crippen molar-refractivity contribution in [3.63, 3.8) is 0 Å². The molecule has 0 spiro atoms. The summed E-state index contributed by atoms with van der Waals surface area (Å²) < 4.78 is 68.4. The van der Waals surface area contributed by atoms with E-state index in [9.17, 15) is 43.2 Å². The maximum atomic E-state index is 13.0. The molecule has 0 aliphatic rings. The van der Waals surface area contributed by atoms with E-state index in [0.717, 1.165) is 120 Å². The molecule has 0 aromatic rings. The first-order valence-corrected chi connectivity index (χ1v) is 41.3. The summed E-state index contributed by atoms with van der Waals surface area (Å²) in [6, 6.07) is 0. The van der Waals surface area contributed by atoms with Gasteiger partial charge in [0, 0.05) is 25.7 Å². The number of esters is 4. The maximum Gasteiger partial charge on any atom is 0.472 e. The minimum atomic E-state index is -4.96. The first kappa shape index (κ1) is 91.1. The summed E-state index contributed by atoms with van der Waals surface area (Å²) in [5.41, 5.74) is 0. The van der Waals surface area contributed by atoms with Crippen molar-refractivity contribution in [2.45, 2.75) is 388 Å². The second kappa shape index (κ2) is 63.5. The molecule has 93 heavy (non-hydrogen) atoms.